The van der Waals surface area contributed by atoms with Gasteiger partial charge in [-0.05, 0) is 17.4 Å². The van der Waals surface area contributed by atoms with Crippen LogP contribution < -0.4 is 0 Å². The van der Waals surface area contributed by atoms with Crippen LogP contribution in [-0.4, -0.2) is 16.3 Å². The Hall–Kier alpha value is -0.380. The lowest BCUT2D eigenvalue weighted by Crippen LogP contribution is -2.23. The molecule has 0 amide bonds. The van der Waals surface area contributed by atoms with Gasteiger partial charge in [-0.15, -0.1) is 11.3 Å². The molecule has 0 aliphatic heterocycles. The van der Waals surface area contributed by atoms with E-state index in [0.29, 0.717) is 0 Å². The van der Waals surface area contributed by atoms with Crippen LogP contribution in [0.5, 0.6) is 0 Å². The van der Waals surface area contributed by atoms with E-state index in [1.165, 1.54) is 11.3 Å². The Morgan fingerprint density at radius 3 is 2.42 bits per heavy atom. The Morgan fingerprint density at radius 2 is 2.00 bits per heavy atom. The highest BCUT2D eigenvalue weighted by atomic mass is 32.1. The topological polar surface area (TPSA) is 40.5 Å². The van der Waals surface area contributed by atoms with Gasteiger partial charge in [-0.2, -0.15) is 0 Å². The second-order valence-corrected chi connectivity index (χ2v) is 4.17. The zero-order valence-corrected chi connectivity index (χ0v) is 8.08. The third kappa shape index (κ3) is 2.06. The number of aliphatic hydroxyl groups is 2. The van der Waals surface area contributed by atoms with E-state index in [-0.39, 0.29) is 5.92 Å². The number of hydrogen-bond acceptors (Lipinski definition) is 3. The zero-order valence-electron chi connectivity index (χ0n) is 7.27. The third-order valence-electron chi connectivity index (χ3n) is 1.84. The number of rotatable bonds is 3. The minimum absolute atomic E-state index is 0.0853. The van der Waals surface area contributed by atoms with Gasteiger partial charge in [0.15, 0.2) is 0 Å². The summed E-state index contributed by atoms with van der Waals surface area (Å²) >= 11 is 1.47. The average Bonchev–Trinajstić information content (AvgIpc) is 2.53. The van der Waals surface area contributed by atoms with E-state index >= 15 is 0 Å². The quantitative estimate of drug-likeness (QED) is 0.755. The van der Waals surface area contributed by atoms with Crippen molar-refractivity contribution in [3.05, 3.63) is 22.4 Å². The van der Waals surface area contributed by atoms with Gasteiger partial charge in [0.2, 0.25) is 0 Å². The van der Waals surface area contributed by atoms with Crippen molar-refractivity contribution >= 4 is 11.3 Å². The minimum Gasteiger partial charge on any atom is -0.390 e. The third-order valence-corrected chi connectivity index (χ3v) is 2.78. The second kappa shape index (κ2) is 4.03. The Labute approximate surface area is 76.5 Å². The molecule has 0 fully saturated rings. The molecule has 0 saturated carbocycles. The van der Waals surface area contributed by atoms with Crippen molar-refractivity contribution in [3.63, 3.8) is 0 Å². The maximum absolute atomic E-state index is 9.61. The summed E-state index contributed by atoms with van der Waals surface area (Å²) in [6.45, 7) is 3.78. The molecule has 3 heteroatoms. The molecular weight excluding hydrogens is 172 g/mol. The summed E-state index contributed by atoms with van der Waals surface area (Å²) in [7, 11) is 0. The molecule has 2 nitrogen and oxygen atoms in total. The van der Waals surface area contributed by atoms with E-state index < -0.39 is 12.2 Å². The smallest absolute Gasteiger partial charge is 0.114 e. The molecule has 0 unspecified atom stereocenters. The van der Waals surface area contributed by atoms with Crippen molar-refractivity contribution in [1.82, 2.24) is 0 Å². The van der Waals surface area contributed by atoms with Crippen LogP contribution in [0.3, 0.4) is 0 Å². The Morgan fingerprint density at radius 1 is 1.33 bits per heavy atom. The monoisotopic (exact) mass is 186 g/mol. The highest BCUT2D eigenvalue weighted by molar-refractivity contribution is 7.10. The molecule has 0 aromatic carbocycles. The summed E-state index contributed by atoms with van der Waals surface area (Å²) in [5, 5.41) is 21.0. The molecule has 0 spiro atoms. The molecule has 0 bridgehead atoms. The van der Waals surface area contributed by atoms with E-state index in [2.05, 4.69) is 0 Å². The molecule has 0 aliphatic carbocycles. The van der Waals surface area contributed by atoms with Gasteiger partial charge in [0.25, 0.3) is 0 Å². The van der Waals surface area contributed by atoms with E-state index in [4.69, 9.17) is 0 Å². The average molecular weight is 186 g/mol. The molecule has 68 valence electrons. The number of hydrogen-bond donors (Lipinski definition) is 2. The minimum atomic E-state index is -0.731. The summed E-state index contributed by atoms with van der Waals surface area (Å²) < 4.78 is 0. The maximum atomic E-state index is 9.61. The zero-order chi connectivity index (χ0) is 9.14. The lowest BCUT2D eigenvalue weighted by molar-refractivity contribution is -0.00745. The lowest BCUT2D eigenvalue weighted by Gasteiger charge is -2.19. The van der Waals surface area contributed by atoms with Crippen LogP contribution in [0.25, 0.3) is 0 Å². The molecule has 12 heavy (non-hydrogen) atoms. The highest BCUT2D eigenvalue weighted by Gasteiger charge is 2.21. The van der Waals surface area contributed by atoms with Gasteiger partial charge in [-0.3, -0.25) is 0 Å². The van der Waals surface area contributed by atoms with Crippen molar-refractivity contribution < 1.29 is 10.2 Å². The highest BCUT2D eigenvalue weighted by Crippen LogP contribution is 2.25. The first kappa shape index (κ1) is 9.71. The summed E-state index contributed by atoms with van der Waals surface area (Å²) in [4.78, 5) is 0.830. The fourth-order valence-corrected chi connectivity index (χ4v) is 1.74. The lowest BCUT2D eigenvalue weighted by atomic mass is 10.0. The molecule has 2 atom stereocenters. The molecule has 0 aliphatic rings. The van der Waals surface area contributed by atoms with Gasteiger partial charge >= 0.3 is 0 Å². The largest absolute Gasteiger partial charge is 0.390 e. The summed E-state index contributed by atoms with van der Waals surface area (Å²) in [6, 6.07) is 3.71. The molecular formula is C9H14O2S. The maximum Gasteiger partial charge on any atom is 0.114 e. The molecule has 1 aromatic rings. The molecule has 2 N–H and O–H groups in total. The Kier molecular flexibility index (Phi) is 3.26. The van der Waals surface area contributed by atoms with Crippen LogP contribution >= 0.6 is 11.3 Å². The van der Waals surface area contributed by atoms with Gasteiger partial charge < -0.3 is 10.2 Å². The fraction of sp³-hybridized carbons (Fsp3) is 0.556. The van der Waals surface area contributed by atoms with Gasteiger partial charge in [0.05, 0.1) is 6.10 Å². The van der Waals surface area contributed by atoms with Crippen molar-refractivity contribution in [3.8, 4) is 0 Å². The first-order chi connectivity index (χ1) is 5.63. The normalized spacial score (nSPS) is 16.4. The first-order valence-electron chi connectivity index (χ1n) is 4.02. The molecule has 0 radical (unpaired) electrons. The van der Waals surface area contributed by atoms with Gasteiger partial charge in [-0.25, -0.2) is 0 Å². The van der Waals surface area contributed by atoms with E-state index in [1.54, 1.807) is 0 Å². The van der Waals surface area contributed by atoms with Gasteiger partial charge in [0, 0.05) is 4.88 Å². The van der Waals surface area contributed by atoms with Crippen LogP contribution in [0.4, 0.5) is 0 Å². The van der Waals surface area contributed by atoms with E-state index in [1.807, 2.05) is 31.4 Å². The number of aliphatic hydroxyl groups excluding tert-OH is 2. The van der Waals surface area contributed by atoms with Crippen LogP contribution in [-0.2, 0) is 0 Å². The standard InChI is InChI=1S/C9H14O2S/c1-6(2)8(10)9(11)7-4-3-5-12-7/h3-6,8-11H,1-2H3/t8-,9+/m0/s1. The van der Waals surface area contributed by atoms with Crippen molar-refractivity contribution in [2.24, 2.45) is 5.92 Å². The second-order valence-electron chi connectivity index (χ2n) is 3.19. The summed E-state index contributed by atoms with van der Waals surface area (Å²) in [5.74, 6) is 0.0853. The molecule has 1 heterocycles. The van der Waals surface area contributed by atoms with E-state index in [0.717, 1.165) is 4.88 Å². The van der Waals surface area contributed by atoms with Gasteiger partial charge in [0.1, 0.15) is 6.10 Å². The molecule has 1 aromatic heterocycles. The Bertz CT molecular complexity index is 218. The summed E-state index contributed by atoms with van der Waals surface area (Å²) in [5.41, 5.74) is 0. The van der Waals surface area contributed by atoms with Crippen molar-refractivity contribution in [2.45, 2.75) is 26.1 Å². The molecule has 0 saturated heterocycles. The van der Waals surface area contributed by atoms with Crippen LogP contribution in [0, 0.1) is 5.92 Å². The predicted molar refractivity (Wildman–Crippen MR) is 50.1 cm³/mol. The van der Waals surface area contributed by atoms with Crippen molar-refractivity contribution in [2.75, 3.05) is 0 Å². The Balaban J connectivity index is 2.65. The summed E-state index contributed by atoms with van der Waals surface area (Å²) in [6.07, 6.45) is -1.39. The van der Waals surface area contributed by atoms with Crippen molar-refractivity contribution in [1.29, 1.82) is 0 Å². The number of thiophene rings is 1. The van der Waals surface area contributed by atoms with Crippen LogP contribution in [0.1, 0.15) is 24.8 Å². The van der Waals surface area contributed by atoms with Gasteiger partial charge in [-0.1, -0.05) is 19.9 Å². The van der Waals surface area contributed by atoms with Crippen LogP contribution in [0.2, 0.25) is 0 Å². The SMILES string of the molecule is CC(C)[C@H](O)[C@H](O)c1cccs1. The molecule has 1 rings (SSSR count). The van der Waals surface area contributed by atoms with Crippen LogP contribution in [0.15, 0.2) is 17.5 Å². The predicted octanol–water partition coefficient (Wildman–Crippen LogP) is 1.80. The van der Waals surface area contributed by atoms with E-state index in [9.17, 15) is 10.2 Å². The first-order valence-corrected chi connectivity index (χ1v) is 4.90. The fourth-order valence-electron chi connectivity index (χ4n) is 0.992.